The van der Waals surface area contributed by atoms with Gasteiger partial charge < -0.3 is 21.5 Å². The first-order valence-electron chi connectivity index (χ1n) is 0.548. The van der Waals surface area contributed by atoms with Crippen molar-refractivity contribution in [2.75, 3.05) is 0 Å². The van der Waals surface area contributed by atoms with Crippen LogP contribution >= 0.6 is 17.0 Å². The minimum Gasteiger partial charge on any atom is -0.356 e. The fourth-order valence-electron chi connectivity index (χ4n) is 0. The Labute approximate surface area is 93.3 Å². The summed E-state index contributed by atoms with van der Waals surface area (Å²) in [4.78, 5) is 8.25. The SMILES string of the molecule is Br.N.O=[N+]([O-])[O-].[K+]. The Morgan fingerprint density at radius 3 is 1.29 bits per heavy atom. The van der Waals surface area contributed by atoms with Gasteiger partial charge in [0.1, 0.15) is 0 Å². The smallest absolute Gasteiger partial charge is 0.356 e. The second-order valence-corrected chi connectivity index (χ2v) is 0.224. The molecule has 0 aromatic heterocycles. The molecule has 0 saturated heterocycles. The summed E-state index contributed by atoms with van der Waals surface area (Å²) in [5, 5.41) is 14.8. The molecule has 0 bridgehead atoms. The standard InChI is InChI=1S/BrH.K.NO3.H3N/c;;2-1(3)4;/h1H;;;1H3/q;+1;-1;. The number of hydrogen-bond donors (Lipinski definition) is 1. The van der Waals surface area contributed by atoms with Crippen molar-refractivity contribution in [3.8, 4) is 0 Å². The third kappa shape index (κ3) is 124. The second-order valence-electron chi connectivity index (χ2n) is 0.224. The van der Waals surface area contributed by atoms with E-state index in [1.54, 1.807) is 0 Å². The summed E-state index contributed by atoms with van der Waals surface area (Å²) in [5.74, 6) is 0. The molecule has 0 atom stereocenters. The Balaban J connectivity index is -0.0000000150. The summed E-state index contributed by atoms with van der Waals surface area (Å²) < 4.78 is 0. The molecule has 0 unspecified atom stereocenters. The minimum atomic E-state index is -1.75. The molecule has 0 aliphatic carbocycles. The number of hydrogen-bond acceptors (Lipinski definition) is 4. The van der Waals surface area contributed by atoms with Crippen LogP contribution in [0.2, 0.25) is 0 Å². The van der Waals surface area contributed by atoms with E-state index < -0.39 is 5.09 Å². The van der Waals surface area contributed by atoms with Crippen LogP contribution in [0.3, 0.4) is 0 Å². The van der Waals surface area contributed by atoms with Crippen LogP contribution in [0.25, 0.3) is 0 Å². The Hall–Kier alpha value is 1.28. The maximum atomic E-state index is 8.25. The molecule has 0 aliphatic rings. The van der Waals surface area contributed by atoms with Gasteiger partial charge in [-0.25, -0.2) is 0 Å². The third-order valence-corrected chi connectivity index (χ3v) is 0. The summed E-state index contributed by atoms with van der Waals surface area (Å²) in [6, 6.07) is 0. The summed E-state index contributed by atoms with van der Waals surface area (Å²) in [6.07, 6.45) is 0. The van der Waals surface area contributed by atoms with Crippen molar-refractivity contribution in [3.05, 3.63) is 15.3 Å². The van der Waals surface area contributed by atoms with Crippen LogP contribution in [-0.2, 0) is 0 Å². The van der Waals surface area contributed by atoms with Gasteiger partial charge in [0.25, 0.3) is 0 Å². The molecule has 3 N–H and O–H groups in total. The molecule has 0 saturated carbocycles. The molecule has 0 rings (SSSR count). The van der Waals surface area contributed by atoms with Crippen molar-refractivity contribution in [1.29, 1.82) is 0 Å². The van der Waals surface area contributed by atoms with Gasteiger partial charge in [-0.15, -0.1) is 17.0 Å². The van der Waals surface area contributed by atoms with Gasteiger partial charge in [-0.05, 0) is 0 Å². The predicted molar refractivity (Wildman–Crippen MR) is 25.7 cm³/mol. The molecule has 0 radical (unpaired) electrons. The monoisotopic (exact) mass is 198 g/mol. The zero-order valence-corrected chi connectivity index (χ0v) is 8.62. The maximum Gasteiger partial charge on any atom is 1.00 e. The summed E-state index contributed by atoms with van der Waals surface area (Å²) >= 11 is 0. The van der Waals surface area contributed by atoms with Crippen LogP contribution in [-0.4, -0.2) is 5.09 Å². The second kappa shape index (κ2) is 15.7. The first-order valence-corrected chi connectivity index (χ1v) is 0.548. The van der Waals surface area contributed by atoms with E-state index in [1.807, 2.05) is 0 Å². The number of rotatable bonds is 0. The summed E-state index contributed by atoms with van der Waals surface area (Å²) in [6.45, 7) is 0. The van der Waals surface area contributed by atoms with Crippen molar-refractivity contribution >= 4 is 17.0 Å². The minimum absolute atomic E-state index is 0. The molecule has 0 spiro atoms. The molecule has 0 aromatic carbocycles. The quantitative estimate of drug-likeness (QED) is 0.265. The molecular formula is H4BrKN2O3. The zero-order valence-electron chi connectivity index (χ0n) is 3.79. The summed E-state index contributed by atoms with van der Waals surface area (Å²) in [7, 11) is 0. The first kappa shape index (κ1) is 24.0. The fourth-order valence-corrected chi connectivity index (χ4v) is 0. The van der Waals surface area contributed by atoms with Crippen LogP contribution in [0.1, 0.15) is 0 Å². The van der Waals surface area contributed by atoms with E-state index in [2.05, 4.69) is 0 Å². The molecule has 40 valence electrons. The average Bonchev–Trinajstić information content (AvgIpc) is 0.811. The average molecular weight is 199 g/mol. The van der Waals surface area contributed by atoms with E-state index >= 15 is 0 Å². The van der Waals surface area contributed by atoms with Crippen molar-refractivity contribution in [1.82, 2.24) is 6.15 Å². The van der Waals surface area contributed by atoms with Crippen LogP contribution < -0.4 is 57.5 Å². The van der Waals surface area contributed by atoms with Gasteiger partial charge in [0, 0.05) is 0 Å². The van der Waals surface area contributed by atoms with Crippen LogP contribution in [0.15, 0.2) is 0 Å². The first-order chi connectivity index (χ1) is 1.73. The fraction of sp³-hybridized carbons (Fsp3) is 0. The van der Waals surface area contributed by atoms with Crippen molar-refractivity contribution in [2.45, 2.75) is 0 Å². The Morgan fingerprint density at radius 2 is 1.29 bits per heavy atom. The van der Waals surface area contributed by atoms with Crippen molar-refractivity contribution in [3.63, 3.8) is 0 Å². The van der Waals surface area contributed by atoms with Crippen LogP contribution in [0.4, 0.5) is 0 Å². The maximum absolute atomic E-state index is 8.25. The van der Waals surface area contributed by atoms with Crippen molar-refractivity contribution < 1.29 is 56.5 Å². The van der Waals surface area contributed by atoms with Gasteiger partial charge in [0.05, 0.1) is 5.09 Å². The van der Waals surface area contributed by atoms with E-state index in [1.165, 1.54) is 0 Å². The van der Waals surface area contributed by atoms with Gasteiger partial charge in [-0.2, -0.15) is 0 Å². The van der Waals surface area contributed by atoms with Crippen LogP contribution in [0.5, 0.6) is 0 Å². The normalized spacial score (nSPS) is 3.43. The van der Waals surface area contributed by atoms with Gasteiger partial charge in [0.2, 0.25) is 0 Å². The molecular weight excluding hydrogens is 195 g/mol. The van der Waals surface area contributed by atoms with E-state index in [4.69, 9.17) is 15.3 Å². The predicted octanol–water partition coefficient (Wildman–Crippen LogP) is -2.50. The Kier molecular flexibility index (Phi) is 53.7. The molecule has 0 aromatic rings. The zero-order chi connectivity index (χ0) is 3.58. The van der Waals surface area contributed by atoms with Gasteiger partial charge in [-0.1, -0.05) is 0 Å². The molecule has 0 amide bonds. The summed E-state index contributed by atoms with van der Waals surface area (Å²) in [5.41, 5.74) is 0. The molecule has 0 fully saturated rings. The molecule has 0 aliphatic heterocycles. The topological polar surface area (TPSA) is 101 Å². The Bertz CT molecular complexity index is 35.9. The van der Waals surface area contributed by atoms with Gasteiger partial charge >= 0.3 is 51.4 Å². The molecule has 5 nitrogen and oxygen atoms in total. The van der Waals surface area contributed by atoms with Gasteiger partial charge in [0.15, 0.2) is 0 Å². The van der Waals surface area contributed by atoms with E-state index in [-0.39, 0.29) is 74.5 Å². The van der Waals surface area contributed by atoms with Gasteiger partial charge in [-0.3, -0.25) is 0 Å². The van der Waals surface area contributed by atoms with E-state index in [9.17, 15) is 0 Å². The molecule has 7 heavy (non-hydrogen) atoms. The molecule has 7 heteroatoms. The Morgan fingerprint density at radius 1 is 1.29 bits per heavy atom. The third-order valence-electron chi connectivity index (χ3n) is 0. The largest absolute Gasteiger partial charge is 1.00 e. The van der Waals surface area contributed by atoms with Crippen molar-refractivity contribution in [2.24, 2.45) is 0 Å². The van der Waals surface area contributed by atoms with E-state index in [0.29, 0.717) is 0 Å². The van der Waals surface area contributed by atoms with Crippen LogP contribution in [0, 0.1) is 15.3 Å². The van der Waals surface area contributed by atoms with E-state index in [0.717, 1.165) is 0 Å². The molecule has 0 heterocycles. The number of nitrogens with zero attached hydrogens (tertiary/aromatic N) is 1. The number of halogens is 1.